The number of benzene rings is 1. The third kappa shape index (κ3) is 3.09. The van der Waals surface area contributed by atoms with Gasteiger partial charge in [0, 0.05) is 18.0 Å². The van der Waals surface area contributed by atoms with E-state index < -0.39 is 0 Å². The van der Waals surface area contributed by atoms with E-state index in [1.165, 1.54) is 24.8 Å². The molecule has 1 aliphatic carbocycles. The normalized spacial score (nSPS) is 27.2. The van der Waals surface area contributed by atoms with Crippen LogP contribution >= 0.6 is 23.2 Å². The van der Waals surface area contributed by atoms with Gasteiger partial charge in [-0.15, -0.1) is 0 Å². The molecule has 2 atom stereocenters. The number of hydrogen-bond acceptors (Lipinski definition) is 1. The van der Waals surface area contributed by atoms with Gasteiger partial charge in [0.25, 0.3) is 0 Å². The molecule has 1 aromatic rings. The summed E-state index contributed by atoms with van der Waals surface area (Å²) in [4.78, 5) is 0. The van der Waals surface area contributed by atoms with E-state index in [2.05, 4.69) is 38.2 Å². The Labute approximate surface area is 126 Å². The van der Waals surface area contributed by atoms with Crippen LogP contribution in [-0.2, 0) is 5.41 Å². The van der Waals surface area contributed by atoms with Crippen molar-refractivity contribution in [1.82, 2.24) is 5.32 Å². The van der Waals surface area contributed by atoms with Crippen molar-refractivity contribution < 1.29 is 0 Å². The topological polar surface area (TPSA) is 12.0 Å². The van der Waals surface area contributed by atoms with Crippen LogP contribution in [0.1, 0.15) is 45.6 Å². The Morgan fingerprint density at radius 1 is 1.32 bits per heavy atom. The number of nitrogens with one attached hydrogen (secondary N) is 1. The largest absolute Gasteiger partial charge is 0.314 e. The Balaban J connectivity index is 2.34. The minimum absolute atomic E-state index is 0.207. The lowest BCUT2D eigenvalue weighted by Crippen LogP contribution is -2.42. The molecular weight excluding hydrogens is 277 g/mol. The molecule has 0 saturated heterocycles. The van der Waals surface area contributed by atoms with Crippen molar-refractivity contribution in [3.63, 3.8) is 0 Å². The SMILES string of the molecule is CC(C)NCC1(c2ccc(Cl)c(Cl)c2)CCCC1C. The van der Waals surface area contributed by atoms with Gasteiger partial charge in [0.1, 0.15) is 0 Å². The molecule has 2 rings (SSSR count). The molecule has 1 N–H and O–H groups in total. The molecule has 2 unspecified atom stereocenters. The molecule has 0 amide bonds. The average molecular weight is 300 g/mol. The fourth-order valence-electron chi connectivity index (χ4n) is 3.23. The summed E-state index contributed by atoms with van der Waals surface area (Å²) in [7, 11) is 0. The van der Waals surface area contributed by atoms with Gasteiger partial charge in [-0.05, 0) is 36.5 Å². The predicted molar refractivity (Wildman–Crippen MR) is 84.3 cm³/mol. The Hall–Kier alpha value is -0.240. The van der Waals surface area contributed by atoms with E-state index >= 15 is 0 Å². The van der Waals surface area contributed by atoms with Gasteiger partial charge in [0.05, 0.1) is 10.0 Å². The fourth-order valence-corrected chi connectivity index (χ4v) is 3.53. The molecule has 3 heteroatoms. The van der Waals surface area contributed by atoms with E-state index in [4.69, 9.17) is 23.2 Å². The Kier molecular flexibility index (Phi) is 4.81. The molecule has 1 aromatic carbocycles. The van der Waals surface area contributed by atoms with Gasteiger partial charge in [-0.25, -0.2) is 0 Å². The smallest absolute Gasteiger partial charge is 0.0595 e. The summed E-state index contributed by atoms with van der Waals surface area (Å²) in [5.74, 6) is 0.677. The maximum atomic E-state index is 6.21. The second-order valence-electron chi connectivity index (χ2n) is 6.11. The zero-order valence-electron chi connectivity index (χ0n) is 12.0. The molecule has 0 aromatic heterocycles. The third-order valence-corrected chi connectivity index (χ3v) is 5.26. The maximum Gasteiger partial charge on any atom is 0.0595 e. The van der Waals surface area contributed by atoms with Crippen molar-refractivity contribution in [2.75, 3.05) is 6.54 Å². The summed E-state index contributed by atoms with van der Waals surface area (Å²) in [6, 6.07) is 6.65. The molecule has 106 valence electrons. The molecule has 1 fully saturated rings. The average Bonchev–Trinajstić information content (AvgIpc) is 2.73. The van der Waals surface area contributed by atoms with E-state index in [0.717, 1.165) is 6.54 Å². The van der Waals surface area contributed by atoms with Crippen LogP contribution in [0, 0.1) is 5.92 Å². The van der Waals surface area contributed by atoms with E-state index in [1.807, 2.05) is 6.07 Å². The van der Waals surface area contributed by atoms with Crippen LogP contribution in [-0.4, -0.2) is 12.6 Å². The molecule has 0 heterocycles. The van der Waals surface area contributed by atoms with Crippen LogP contribution in [0.5, 0.6) is 0 Å². The van der Waals surface area contributed by atoms with Crippen LogP contribution in [0.3, 0.4) is 0 Å². The first kappa shape index (κ1) is 15.2. The van der Waals surface area contributed by atoms with Gasteiger partial charge in [0.2, 0.25) is 0 Å². The second-order valence-corrected chi connectivity index (χ2v) is 6.93. The van der Waals surface area contributed by atoms with Gasteiger partial charge in [-0.3, -0.25) is 0 Å². The Bertz CT molecular complexity index is 444. The van der Waals surface area contributed by atoms with Crippen molar-refractivity contribution in [3.05, 3.63) is 33.8 Å². The van der Waals surface area contributed by atoms with Crippen LogP contribution in [0.4, 0.5) is 0 Å². The highest BCUT2D eigenvalue weighted by molar-refractivity contribution is 6.42. The van der Waals surface area contributed by atoms with Crippen molar-refractivity contribution in [1.29, 1.82) is 0 Å². The quantitative estimate of drug-likeness (QED) is 0.820. The van der Waals surface area contributed by atoms with E-state index in [1.54, 1.807) is 0 Å². The molecule has 1 saturated carbocycles. The lowest BCUT2D eigenvalue weighted by molar-refractivity contribution is 0.308. The van der Waals surface area contributed by atoms with Crippen LogP contribution in [0.15, 0.2) is 18.2 Å². The van der Waals surface area contributed by atoms with Crippen molar-refractivity contribution >= 4 is 23.2 Å². The first-order valence-corrected chi connectivity index (χ1v) is 7.90. The lowest BCUT2D eigenvalue weighted by Gasteiger charge is -2.36. The van der Waals surface area contributed by atoms with E-state index in [9.17, 15) is 0 Å². The molecular formula is C16H23Cl2N. The monoisotopic (exact) mass is 299 g/mol. The standard InChI is InChI=1S/C16H23Cl2N/c1-11(2)19-10-16(8-4-5-12(16)3)13-6-7-14(17)15(18)9-13/h6-7,9,11-12,19H,4-5,8,10H2,1-3H3. The minimum Gasteiger partial charge on any atom is -0.314 e. The molecule has 1 aliphatic rings. The zero-order valence-corrected chi connectivity index (χ0v) is 13.5. The summed E-state index contributed by atoms with van der Waals surface area (Å²) in [5, 5.41) is 4.93. The van der Waals surface area contributed by atoms with Crippen molar-refractivity contribution in [3.8, 4) is 0 Å². The highest BCUT2D eigenvalue weighted by Gasteiger charge is 2.41. The van der Waals surface area contributed by atoms with Gasteiger partial charge >= 0.3 is 0 Å². The molecule has 19 heavy (non-hydrogen) atoms. The molecule has 0 aliphatic heterocycles. The van der Waals surface area contributed by atoms with Crippen LogP contribution in [0.25, 0.3) is 0 Å². The fraction of sp³-hybridized carbons (Fsp3) is 0.625. The molecule has 1 nitrogen and oxygen atoms in total. The Morgan fingerprint density at radius 3 is 2.58 bits per heavy atom. The van der Waals surface area contributed by atoms with Gasteiger partial charge in [-0.2, -0.15) is 0 Å². The number of halogens is 2. The summed E-state index contributed by atoms with van der Waals surface area (Å²) >= 11 is 12.3. The summed E-state index contributed by atoms with van der Waals surface area (Å²) < 4.78 is 0. The summed E-state index contributed by atoms with van der Waals surface area (Å²) in [6.45, 7) is 7.77. The van der Waals surface area contributed by atoms with Gasteiger partial charge in [0.15, 0.2) is 0 Å². The van der Waals surface area contributed by atoms with E-state index in [-0.39, 0.29) is 5.41 Å². The zero-order chi connectivity index (χ0) is 14.0. The number of rotatable bonds is 4. The maximum absolute atomic E-state index is 6.21. The highest BCUT2D eigenvalue weighted by Crippen LogP contribution is 2.46. The van der Waals surface area contributed by atoms with E-state index in [0.29, 0.717) is 22.0 Å². The minimum atomic E-state index is 0.207. The summed E-state index contributed by atoms with van der Waals surface area (Å²) in [6.07, 6.45) is 3.81. The lowest BCUT2D eigenvalue weighted by atomic mass is 9.72. The molecule has 0 spiro atoms. The first-order chi connectivity index (χ1) is 8.95. The predicted octanol–water partition coefficient (Wildman–Crippen LogP) is 5.05. The van der Waals surface area contributed by atoms with Crippen LogP contribution in [0.2, 0.25) is 10.0 Å². The van der Waals surface area contributed by atoms with Gasteiger partial charge < -0.3 is 5.32 Å². The Morgan fingerprint density at radius 2 is 2.05 bits per heavy atom. The second kappa shape index (κ2) is 6.03. The first-order valence-electron chi connectivity index (χ1n) is 7.14. The van der Waals surface area contributed by atoms with Crippen molar-refractivity contribution in [2.24, 2.45) is 5.92 Å². The summed E-state index contributed by atoms with van der Waals surface area (Å²) in [5.41, 5.74) is 1.54. The number of hydrogen-bond donors (Lipinski definition) is 1. The highest BCUT2D eigenvalue weighted by atomic mass is 35.5. The molecule has 0 radical (unpaired) electrons. The molecule has 0 bridgehead atoms. The van der Waals surface area contributed by atoms with Crippen molar-refractivity contribution in [2.45, 2.75) is 51.5 Å². The van der Waals surface area contributed by atoms with Crippen LogP contribution < -0.4 is 5.32 Å². The third-order valence-electron chi connectivity index (χ3n) is 4.52. The van der Waals surface area contributed by atoms with Gasteiger partial charge in [-0.1, -0.05) is 56.5 Å².